The van der Waals surface area contributed by atoms with E-state index >= 15 is 0 Å². The van der Waals surface area contributed by atoms with Crippen molar-refractivity contribution in [2.24, 2.45) is 5.41 Å². The van der Waals surface area contributed by atoms with Crippen LogP contribution in [0, 0.1) is 11.2 Å². The van der Waals surface area contributed by atoms with E-state index in [1.54, 1.807) is 23.2 Å². The van der Waals surface area contributed by atoms with E-state index in [9.17, 15) is 21.5 Å². The Labute approximate surface area is 251 Å². The molecule has 5 rings (SSSR count). The Hall–Kier alpha value is -3.64. The highest BCUT2D eigenvalue weighted by Gasteiger charge is 2.46. The minimum absolute atomic E-state index is 0.0799. The van der Waals surface area contributed by atoms with Gasteiger partial charge in [0.1, 0.15) is 17.9 Å². The number of hydrogen-bond acceptors (Lipinski definition) is 8. The second-order valence-corrected chi connectivity index (χ2v) is 13.4. The number of aromatic nitrogens is 2. The van der Waals surface area contributed by atoms with Crippen molar-refractivity contribution in [3.05, 3.63) is 71.9 Å². The Kier molecular flexibility index (Phi) is 8.71. The van der Waals surface area contributed by atoms with E-state index in [1.807, 2.05) is 27.7 Å². The summed E-state index contributed by atoms with van der Waals surface area (Å²) >= 11 is 0. The predicted octanol–water partition coefficient (Wildman–Crippen LogP) is 5.43. The van der Waals surface area contributed by atoms with Crippen LogP contribution in [0.15, 0.2) is 59.9 Å². The first kappa shape index (κ1) is 30.8. The highest BCUT2D eigenvalue weighted by molar-refractivity contribution is 7.86. The number of ether oxygens (including phenoxy) is 1. The van der Waals surface area contributed by atoms with Crippen molar-refractivity contribution in [1.29, 1.82) is 0 Å². The van der Waals surface area contributed by atoms with Crippen LogP contribution in [0.4, 0.5) is 14.1 Å². The molecule has 2 aliphatic rings. The quantitative estimate of drug-likeness (QED) is 0.295. The van der Waals surface area contributed by atoms with Crippen LogP contribution in [0.25, 0.3) is 0 Å². The summed E-state index contributed by atoms with van der Waals surface area (Å²) in [6.07, 6.45) is 5.00. The molecule has 0 aliphatic carbocycles. The van der Waals surface area contributed by atoms with Crippen molar-refractivity contribution in [1.82, 2.24) is 19.8 Å². The third-order valence-corrected chi connectivity index (χ3v) is 9.11. The fourth-order valence-electron chi connectivity index (χ4n) is 6.13. The molecule has 12 heteroatoms. The Balaban J connectivity index is 1.24. The molecule has 2 fully saturated rings. The van der Waals surface area contributed by atoms with Gasteiger partial charge in [-0.15, -0.1) is 3.89 Å². The molecule has 0 N–H and O–H groups in total. The summed E-state index contributed by atoms with van der Waals surface area (Å²) in [4.78, 5) is 27.9. The zero-order valence-electron chi connectivity index (χ0n) is 24.8. The first-order valence-corrected chi connectivity index (χ1v) is 15.8. The average molecular weight is 614 g/mol. The smallest absolute Gasteiger partial charge is 0.332 e. The van der Waals surface area contributed by atoms with Crippen molar-refractivity contribution < 1.29 is 26.2 Å². The molecule has 0 radical (unpaired) electrons. The normalized spacial score (nSPS) is 16.9. The topological polar surface area (TPSA) is 95.9 Å². The van der Waals surface area contributed by atoms with Gasteiger partial charge in [0.15, 0.2) is 11.6 Å². The van der Waals surface area contributed by atoms with Gasteiger partial charge in [0, 0.05) is 37.1 Å². The van der Waals surface area contributed by atoms with Gasteiger partial charge >= 0.3 is 10.2 Å². The number of nitrogens with zero attached hydrogens (tertiary/aromatic N) is 5. The van der Waals surface area contributed by atoms with E-state index in [1.165, 1.54) is 36.7 Å². The molecule has 1 aromatic heterocycles. The summed E-state index contributed by atoms with van der Waals surface area (Å²) in [5.74, 6) is 0.437. The number of hydrogen-bond donors (Lipinski definition) is 0. The summed E-state index contributed by atoms with van der Waals surface area (Å²) in [7, 11) is -4.70. The molecule has 2 aliphatic heterocycles. The first-order chi connectivity index (χ1) is 20.3. The van der Waals surface area contributed by atoms with E-state index in [-0.39, 0.29) is 39.6 Å². The number of rotatable bonds is 9. The maximum Gasteiger partial charge on any atom is 0.332 e. The van der Waals surface area contributed by atoms with E-state index in [0.29, 0.717) is 18.1 Å². The molecular weight excluding hydrogens is 576 g/mol. The van der Waals surface area contributed by atoms with Gasteiger partial charge in [-0.1, -0.05) is 12.1 Å². The monoisotopic (exact) mass is 613 g/mol. The van der Waals surface area contributed by atoms with E-state index in [2.05, 4.69) is 19.8 Å². The fraction of sp³-hybridized carbons (Fsp3) is 0.452. The molecule has 0 atom stereocenters. The maximum atomic E-state index is 14.3. The molecule has 3 heterocycles. The molecule has 230 valence electrons. The molecule has 1 spiro atoms. The number of halogens is 2. The molecular formula is C31H37F2N5O4S. The van der Waals surface area contributed by atoms with Crippen LogP contribution in [0.3, 0.4) is 0 Å². The van der Waals surface area contributed by atoms with Crippen LogP contribution in [0.2, 0.25) is 0 Å². The van der Waals surface area contributed by atoms with E-state index < -0.39 is 16.0 Å². The third kappa shape index (κ3) is 6.80. The van der Waals surface area contributed by atoms with Crippen LogP contribution in [0.1, 0.15) is 56.5 Å². The van der Waals surface area contributed by atoms with Gasteiger partial charge in [-0.2, -0.15) is 8.42 Å². The first-order valence-electron chi connectivity index (χ1n) is 14.5. The number of amides is 1. The minimum atomic E-state index is -4.70. The molecule has 43 heavy (non-hydrogen) atoms. The Morgan fingerprint density at radius 3 is 2.28 bits per heavy atom. The standard InChI is InChI=1S/C31H37F2N5O4S/c1-21(2)38(22(3)4)30(39)26-15-24(32)7-10-27(26)42-28-16-34-20-35-29(28)37-18-31(19-37)11-13-36(14-12-31)17-23-5-8-25(9-6-23)43(33,40)41/h5-10,15-16,20-22H,11-14,17-19H2,1-4H3. The lowest BCUT2D eigenvalue weighted by Gasteiger charge is -2.54. The fourth-order valence-corrected chi connectivity index (χ4v) is 6.59. The van der Waals surface area contributed by atoms with Gasteiger partial charge in [-0.05, 0) is 89.5 Å². The van der Waals surface area contributed by atoms with Gasteiger partial charge in [-0.25, -0.2) is 14.4 Å². The second kappa shape index (κ2) is 12.2. The number of piperidine rings is 1. The number of anilines is 1. The number of carbonyl (C=O) groups excluding carboxylic acids is 1. The van der Waals surface area contributed by atoms with Crippen molar-refractivity contribution in [2.75, 3.05) is 31.1 Å². The van der Waals surface area contributed by atoms with E-state index in [4.69, 9.17) is 4.74 Å². The summed E-state index contributed by atoms with van der Waals surface area (Å²) in [6.45, 7) is 11.7. The lowest BCUT2D eigenvalue weighted by molar-refractivity contribution is 0.0640. The van der Waals surface area contributed by atoms with Gasteiger partial charge in [0.05, 0.1) is 16.7 Å². The van der Waals surface area contributed by atoms with Crippen LogP contribution >= 0.6 is 0 Å². The molecule has 9 nitrogen and oxygen atoms in total. The number of likely N-dealkylation sites (tertiary alicyclic amines) is 1. The lowest BCUT2D eigenvalue weighted by Crippen LogP contribution is -2.60. The Morgan fingerprint density at radius 1 is 1.02 bits per heavy atom. The summed E-state index contributed by atoms with van der Waals surface area (Å²) < 4.78 is 55.9. The number of benzene rings is 2. The zero-order chi connectivity index (χ0) is 30.9. The summed E-state index contributed by atoms with van der Waals surface area (Å²) in [6, 6.07) is 9.70. The van der Waals surface area contributed by atoms with Gasteiger partial charge < -0.3 is 14.5 Å². The zero-order valence-corrected chi connectivity index (χ0v) is 25.7. The van der Waals surface area contributed by atoms with Gasteiger partial charge in [-0.3, -0.25) is 9.69 Å². The van der Waals surface area contributed by atoms with Crippen LogP contribution in [-0.2, 0) is 16.8 Å². The average Bonchev–Trinajstić information content (AvgIpc) is 2.93. The molecule has 0 bridgehead atoms. The van der Waals surface area contributed by atoms with Gasteiger partial charge in [0.25, 0.3) is 5.91 Å². The highest BCUT2D eigenvalue weighted by atomic mass is 32.3. The molecule has 1 amide bonds. The van der Waals surface area contributed by atoms with E-state index in [0.717, 1.165) is 44.6 Å². The molecule has 0 unspecified atom stereocenters. The molecule has 2 aromatic carbocycles. The van der Waals surface area contributed by atoms with Crippen LogP contribution in [-0.4, -0.2) is 72.4 Å². The largest absolute Gasteiger partial charge is 0.451 e. The maximum absolute atomic E-state index is 14.3. The molecule has 2 saturated heterocycles. The highest BCUT2D eigenvalue weighted by Crippen LogP contribution is 2.45. The number of carbonyl (C=O) groups is 1. The Morgan fingerprint density at radius 2 is 1.67 bits per heavy atom. The summed E-state index contributed by atoms with van der Waals surface area (Å²) in [5, 5.41) is 0. The predicted molar refractivity (Wildman–Crippen MR) is 159 cm³/mol. The molecule has 0 saturated carbocycles. The van der Waals surface area contributed by atoms with Crippen LogP contribution in [0.5, 0.6) is 11.5 Å². The molecule has 3 aromatic rings. The minimum Gasteiger partial charge on any atom is -0.451 e. The van der Waals surface area contributed by atoms with Crippen molar-refractivity contribution in [2.45, 2.75) is 64.1 Å². The van der Waals surface area contributed by atoms with Crippen LogP contribution < -0.4 is 9.64 Å². The third-order valence-electron chi connectivity index (χ3n) is 8.28. The van der Waals surface area contributed by atoms with Crippen molar-refractivity contribution in [3.8, 4) is 11.5 Å². The van der Waals surface area contributed by atoms with Crippen molar-refractivity contribution in [3.63, 3.8) is 0 Å². The summed E-state index contributed by atoms with van der Waals surface area (Å²) in [5.41, 5.74) is 1.22. The SMILES string of the molecule is CC(C)N(C(=O)c1cc(F)ccc1Oc1cncnc1N1CC2(CCN(Cc3ccc(S(=O)(=O)F)cc3)CC2)C1)C(C)C. The second-order valence-electron chi connectivity index (χ2n) is 12.1. The van der Waals surface area contributed by atoms with Gasteiger partial charge in [0.2, 0.25) is 0 Å². The van der Waals surface area contributed by atoms with Crippen molar-refractivity contribution >= 4 is 21.9 Å². The lowest BCUT2D eigenvalue weighted by atomic mass is 9.72. The Bertz CT molecular complexity index is 1560.